The standard InChI is InChI=1S/C18H24N4O2/c1-4-5-12-22(3)17-11-10-16(20-21-17)19-18(23)13-24-15-8-6-14(2)7-9-15/h6-11H,4-5,12-13H2,1-3H3,(H,19,20,23). The number of carbonyl (C=O) groups excluding carboxylic acids is 1. The number of amides is 1. The number of nitrogens with one attached hydrogen (secondary N) is 1. The van der Waals surface area contributed by atoms with E-state index >= 15 is 0 Å². The Morgan fingerprint density at radius 1 is 1.17 bits per heavy atom. The average Bonchev–Trinajstić information content (AvgIpc) is 2.60. The van der Waals surface area contributed by atoms with Crippen molar-refractivity contribution in [3.63, 3.8) is 0 Å². The molecule has 6 nitrogen and oxygen atoms in total. The quantitative estimate of drug-likeness (QED) is 0.807. The molecule has 0 radical (unpaired) electrons. The minimum absolute atomic E-state index is 0.0666. The van der Waals surface area contributed by atoms with Gasteiger partial charge < -0.3 is 15.0 Å². The van der Waals surface area contributed by atoms with Crippen LogP contribution in [0.2, 0.25) is 0 Å². The summed E-state index contributed by atoms with van der Waals surface area (Å²) >= 11 is 0. The van der Waals surface area contributed by atoms with E-state index in [-0.39, 0.29) is 12.5 Å². The zero-order chi connectivity index (χ0) is 17.4. The van der Waals surface area contributed by atoms with Crippen LogP contribution in [0.25, 0.3) is 0 Å². The SMILES string of the molecule is CCCCN(C)c1ccc(NC(=O)COc2ccc(C)cc2)nn1. The summed E-state index contributed by atoms with van der Waals surface area (Å²) in [5, 5.41) is 10.8. The Kier molecular flexibility index (Phi) is 6.54. The summed E-state index contributed by atoms with van der Waals surface area (Å²) in [5.74, 6) is 1.60. The topological polar surface area (TPSA) is 67.4 Å². The molecule has 1 heterocycles. The molecule has 2 rings (SSSR count). The Bertz CT molecular complexity index is 641. The van der Waals surface area contributed by atoms with Gasteiger partial charge in [-0.2, -0.15) is 0 Å². The molecule has 0 fully saturated rings. The molecular weight excluding hydrogens is 304 g/mol. The van der Waals surface area contributed by atoms with Crippen LogP contribution in [-0.2, 0) is 4.79 Å². The average molecular weight is 328 g/mol. The summed E-state index contributed by atoms with van der Waals surface area (Å²) in [5.41, 5.74) is 1.14. The predicted octanol–water partition coefficient (Wildman–Crippen LogP) is 3.04. The molecule has 0 atom stereocenters. The fourth-order valence-corrected chi connectivity index (χ4v) is 2.07. The van der Waals surface area contributed by atoms with Crippen LogP contribution in [0.15, 0.2) is 36.4 Å². The molecule has 0 saturated heterocycles. The van der Waals surface area contributed by atoms with E-state index in [9.17, 15) is 4.79 Å². The van der Waals surface area contributed by atoms with Crippen LogP contribution in [0.3, 0.4) is 0 Å². The maximum atomic E-state index is 11.9. The van der Waals surface area contributed by atoms with Gasteiger partial charge in [-0.05, 0) is 37.6 Å². The minimum atomic E-state index is -0.267. The lowest BCUT2D eigenvalue weighted by atomic mass is 10.2. The van der Waals surface area contributed by atoms with Crippen LogP contribution < -0.4 is 15.0 Å². The molecule has 1 N–H and O–H groups in total. The normalized spacial score (nSPS) is 10.3. The Morgan fingerprint density at radius 2 is 1.92 bits per heavy atom. The first-order valence-electron chi connectivity index (χ1n) is 8.12. The van der Waals surface area contributed by atoms with Crippen LogP contribution >= 0.6 is 0 Å². The number of benzene rings is 1. The fraction of sp³-hybridized carbons (Fsp3) is 0.389. The lowest BCUT2D eigenvalue weighted by Crippen LogP contribution is -2.22. The van der Waals surface area contributed by atoms with E-state index in [1.165, 1.54) is 0 Å². The third-order valence-electron chi connectivity index (χ3n) is 3.55. The van der Waals surface area contributed by atoms with Crippen molar-refractivity contribution in [2.45, 2.75) is 26.7 Å². The summed E-state index contributed by atoms with van der Waals surface area (Å²) in [7, 11) is 1.98. The van der Waals surface area contributed by atoms with Crippen molar-refractivity contribution in [2.75, 3.05) is 30.4 Å². The Balaban J connectivity index is 1.82. The van der Waals surface area contributed by atoms with E-state index in [1.54, 1.807) is 6.07 Å². The zero-order valence-corrected chi connectivity index (χ0v) is 14.5. The van der Waals surface area contributed by atoms with Gasteiger partial charge in [-0.15, -0.1) is 10.2 Å². The smallest absolute Gasteiger partial charge is 0.263 e. The molecule has 1 amide bonds. The lowest BCUT2D eigenvalue weighted by molar-refractivity contribution is -0.118. The van der Waals surface area contributed by atoms with Gasteiger partial charge in [0.1, 0.15) is 5.75 Å². The number of hydrogen-bond donors (Lipinski definition) is 1. The summed E-state index contributed by atoms with van der Waals surface area (Å²) in [6, 6.07) is 11.1. The molecule has 0 aliphatic heterocycles. The van der Waals surface area contributed by atoms with Crippen LogP contribution in [0.4, 0.5) is 11.6 Å². The Hall–Kier alpha value is -2.63. The largest absolute Gasteiger partial charge is 0.484 e. The number of ether oxygens (including phenoxy) is 1. The lowest BCUT2D eigenvalue weighted by Gasteiger charge is -2.17. The van der Waals surface area contributed by atoms with Crippen molar-refractivity contribution in [1.29, 1.82) is 0 Å². The molecular formula is C18H24N4O2. The molecule has 0 saturated carbocycles. The zero-order valence-electron chi connectivity index (χ0n) is 14.5. The van der Waals surface area contributed by atoms with E-state index in [0.717, 1.165) is 30.8 Å². The van der Waals surface area contributed by atoms with Gasteiger partial charge in [-0.1, -0.05) is 31.0 Å². The third-order valence-corrected chi connectivity index (χ3v) is 3.55. The summed E-state index contributed by atoms with van der Waals surface area (Å²) in [6.07, 6.45) is 2.24. The Labute approximate surface area is 142 Å². The number of aromatic nitrogens is 2. The number of anilines is 2. The van der Waals surface area contributed by atoms with Gasteiger partial charge in [0.2, 0.25) is 0 Å². The van der Waals surface area contributed by atoms with Gasteiger partial charge in [0.05, 0.1) is 0 Å². The molecule has 24 heavy (non-hydrogen) atoms. The minimum Gasteiger partial charge on any atom is -0.484 e. The van der Waals surface area contributed by atoms with E-state index in [4.69, 9.17) is 4.74 Å². The van der Waals surface area contributed by atoms with Crippen molar-refractivity contribution in [3.8, 4) is 5.75 Å². The summed E-state index contributed by atoms with van der Waals surface area (Å²) in [6.45, 7) is 5.01. The first-order valence-corrected chi connectivity index (χ1v) is 8.12. The predicted molar refractivity (Wildman–Crippen MR) is 95.5 cm³/mol. The highest BCUT2D eigenvalue weighted by atomic mass is 16.5. The first-order chi connectivity index (χ1) is 11.6. The van der Waals surface area contributed by atoms with Gasteiger partial charge >= 0.3 is 0 Å². The van der Waals surface area contributed by atoms with E-state index in [2.05, 4.69) is 22.4 Å². The van der Waals surface area contributed by atoms with Crippen LogP contribution in [0, 0.1) is 6.92 Å². The highest BCUT2D eigenvalue weighted by molar-refractivity contribution is 5.90. The monoisotopic (exact) mass is 328 g/mol. The first kappa shape index (κ1) is 17.7. The van der Waals surface area contributed by atoms with Gasteiger partial charge in [0.25, 0.3) is 5.91 Å². The molecule has 0 aliphatic carbocycles. The third kappa shape index (κ3) is 5.53. The van der Waals surface area contributed by atoms with Crippen LogP contribution in [-0.4, -0.2) is 36.3 Å². The number of unbranched alkanes of at least 4 members (excludes halogenated alkanes) is 1. The van der Waals surface area contributed by atoms with Crippen molar-refractivity contribution in [2.24, 2.45) is 0 Å². The van der Waals surface area contributed by atoms with Crippen molar-refractivity contribution in [1.82, 2.24) is 10.2 Å². The highest BCUT2D eigenvalue weighted by Crippen LogP contribution is 2.12. The number of hydrogen-bond acceptors (Lipinski definition) is 5. The van der Waals surface area contributed by atoms with E-state index in [0.29, 0.717) is 11.6 Å². The fourth-order valence-electron chi connectivity index (χ4n) is 2.07. The maximum Gasteiger partial charge on any atom is 0.263 e. The highest BCUT2D eigenvalue weighted by Gasteiger charge is 2.07. The second kappa shape index (κ2) is 8.86. The van der Waals surface area contributed by atoms with Gasteiger partial charge in [0, 0.05) is 13.6 Å². The Morgan fingerprint density at radius 3 is 2.54 bits per heavy atom. The molecule has 2 aromatic rings. The van der Waals surface area contributed by atoms with E-state index < -0.39 is 0 Å². The molecule has 0 aliphatic rings. The van der Waals surface area contributed by atoms with Crippen molar-refractivity contribution >= 4 is 17.5 Å². The molecule has 1 aromatic carbocycles. The van der Waals surface area contributed by atoms with Gasteiger partial charge in [-0.3, -0.25) is 4.79 Å². The molecule has 1 aromatic heterocycles. The van der Waals surface area contributed by atoms with Gasteiger partial charge in [0.15, 0.2) is 18.2 Å². The molecule has 0 bridgehead atoms. The van der Waals surface area contributed by atoms with Crippen LogP contribution in [0.1, 0.15) is 25.3 Å². The number of nitrogens with zero attached hydrogens (tertiary/aromatic N) is 3. The maximum absolute atomic E-state index is 11.9. The van der Waals surface area contributed by atoms with E-state index in [1.807, 2.05) is 49.2 Å². The number of carbonyl (C=O) groups is 1. The summed E-state index contributed by atoms with van der Waals surface area (Å²) in [4.78, 5) is 13.9. The second-order valence-corrected chi connectivity index (χ2v) is 5.70. The molecule has 0 spiro atoms. The summed E-state index contributed by atoms with van der Waals surface area (Å²) < 4.78 is 5.43. The van der Waals surface area contributed by atoms with Crippen LogP contribution in [0.5, 0.6) is 5.75 Å². The second-order valence-electron chi connectivity index (χ2n) is 5.70. The number of rotatable bonds is 8. The molecule has 0 unspecified atom stereocenters. The number of aryl methyl sites for hydroxylation is 1. The van der Waals surface area contributed by atoms with Gasteiger partial charge in [-0.25, -0.2) is 0 Å². The molecule has 128 valence electrons. The van der Waals surface area contributed by atoms with Crippen molar-refractivity contribution < 1.29 is 9.53 Å². The molecule has 6 heteroatoms. The van der Waals surface area contributed by atoms with Crippen molar-refractivity contribution in [3.05, 3.63) is 42.0 Å².